The van der Waals surface area contributed by atoms with Gasteiger partial charge in [0.15, 0.2) is 11.5 Å². The molecule has 2 rings (SSSR count). The Morgan fingerprint density at radius 2 is 2.29 bits per heavy atom. The average Bonchev–Trinajstić information content (AvgIpc) is 2.42. The zero-order valence-corrected chi connectivity index (χ0v) is 8.20. The number of Topliss-reactive ketones (excluding diaryl/α,β-unsaturated/α-hetero) is 1. The molecule has 2 aromatic rings. The molecule has 0 spiro atoms. The van der Waals surface area contributed by atoms with Crippen molar-refractivity contribution < 1.29 is 9.21 Å². The maximum Gasteiger partial charge on any atom is 0.192 e. The van der Waals surface area contributed by atoms with Crippen molar-refractivity contribution in [3.8, 4) is 0 Å². The molecule has 0 unspecified atom stereocenters. The Balaban J connectivity index is 2.45. The number of aromatic nitrogens is 1. The highest BCUT2D eigenvalue weighted by atomic mass is 16.3. The van der Waals surface area contributed by atoms with Crippen molar-refractivity contribution in [2.45, 2.75) is 20.3 Å². The van der Waals surface area contributed by atoms with Gasteiger partial charge >= 0.3 is 0 Å². The lowest BCUT2D eigenvalue weighted by Crippen LogP contribution is -1.95. The highest BCUT2D eigenvalue weighted by Crippen LogP contribution is 2.17. The molecule has 0 N–H and O–H groups in total. The van der Waals surface area contributed by atoms with Crippen LogP contribution in [0.4, 0.5) is 0 Å². The maximum atomic E-state index is 10.9. The van der Waals surface area contributed by atoms with Crippen LogP contribution in [-0.4, -0.2) is 10.8 Å². The van der Waals surface area contributed by atoms with Crippen LogP contribution in [0.3, 0.4) is 0 Å². The maximum absolute atomic E-state index is 10.9. The van der Waals surface area contributed by atoms with Crippen LogP contribution in [0.15, 0.2) is 22.6 Å². The van der Waals surface area contributed by atoms with E-state index < -0.39 is 0 Å². The fraction of sp³-hybridized carbons (Fsp3) is 0.273. The van der Waals surface area contributed by atoms with Crippen LogP contribution in [0.1, 0.15) is 18.4 Å². The predicted molar refractivity (Wildman–Crippen MR) is 53.1 cm³/mol. The van der Waals surface area contributed by atoms with E-state index in [1.807, 2.05) is 25.1 Å². The number of carbonyl (C=O) groups is 1. The summed E-state index contributed by atoms with van der Waals surface area (Å²) in [6, 6.07) is 5.66. The minimum absolute atomic E-state index is 0.153. The number of hydrogen-bond acceptors (Lipinski definition) is 3. The molecule has 3 nitrogen and oxygen atoms in total. The lowest BCUT2D eigenvalue weighted by Gasteiger charge is -1.95. The summed E-state index contributed by atoms with van der Waals surface area (Å²) in [4.78, 5) is 15.1. The van der Waals surface area contributed by atoms with Crippen LogP contribution in [0, 0.1) is 6.92 Å². The number of carbonyl (C=O) groups excluding carboxylic acids is 1. The molecule has 0 atom stereocenters. The first-order valence-corrected chi connectivity index (χ1v) is 4.50. The molecule has 1 heterocycles. The smallest absolute Gasteiger partial charge is 0.192 e. The topological polar surface area (TPSA) is 43.1 Å². The van der Waals surface area contributed by atoms with Gasteiger partial charge in [0.05, 0.1) is 0 Å². The Hall–Kier alpha value is -1.64. The van der Waals surface area contributed by atoms with Gasteiger partial charge in [0, 0.05) is 13.3 Å². The number of fused-ring (bicyclic) bond motifs is 1. The standard InChI is InChI=1S/C11H11NO2/c1-7(13)5-9-3-4-10-11(6-9)14-8(2)12-10/h3-4,6H,5H2,1-2H3. The number of aryl methyl sites for hydroxylation is 1. The van der Waals surface area contributed by atoms with Gasteiger partial charge in [-0.15, -0.1) is 0 Å². The molecule has 0 fully saturated rings. The molecular formula is C11H11NO2. The van der Waals surface area contributed by atoms with Gasteiger partial charge in [0.1, 0.15) is 11.3 Å². The van der Waals surface area contributed by atoms with Gasteiger partial charge in [-0.1, -0.05) is 6.07 Å². The van der Waals surface area contributed by atoms with Crippen LogP contribution < -0.4 is 0 Å². The van der Waals surface area contributed by atoms with E-state index in [4.69, 9.17) is 4.42 Å². The van der Waals surface area contributed by atoms with Crippen molar-refractivity contribution in [1.82, 2.24) is 4.98 Å². The van der Waals surface area contributed by atoms with Gasteiger partial charge in [-0.25, -0.2) is 4.98 Å². The normalized spacial score (nSPS) is 10.7. The number of nitrogens with zero attached hydrogens (tertiary/aromatic N) is 1. The van der Waals surface area contributed by atoms with Crippen molar-refractivity contribution in [2.24, 2.45) is 0 Å². The first-order chi connectivity index (χ1) is 6.65. The van der Waals surface area contributed by atoms with Gasteiger partial charge in [0.2, 0.25) is 0 Å². The predicted octanol–water partition coefficient (Wildman–Crippen LogP) is 2.27. The highest BCUT2D eigenvalue weighted by Gasteiger charge is 2.04. The SMILES string of the molecule is CC(=O)Cc1ccc2nc(C)oc2c1. The van der Waals surface area contributed by atoms with Crippen LogP contribution in [0.5, 0.6) is 0 Å². The van der Waals surface area contributed by atoms with Crippen molar-refractivity contribution in [3.05, 3.63) is 29.7 Å². The Bertz CT molecular complexity index is 485. The van der Waals surface area contributed by atoms with Gasteiger partial charge in [0.25, 0.3) is 0 Å². The van der Waals surface area contributed by atoms with Crippen molar-refractivity contribution >= 4 is 16.9 Å². The summed E-state index contributed by atoms with van der Waals surface area (Å²) in [5.41, 5.74) is 2.57. The lowest BCUT2D eigenvalue weighted by atomic mass is 10.1. The summed E-state index contributed by atoms with van der Waals surface area (Å²) in [5.74, 6) is 0.806. The third kappa shape index (κ3) is 1.66. The fourth-order valence-electron chi connectivity index (χ4n) is 1.48. The average molecular weight is 189 g/mol. The molecule has 72 valence electrons. The monoisotopic (exact) mass is 189 g/mol. The Labute approximate surface area is 81.7 Å². The fourth-order valence-corrected chi connectivity index (χ4v) is 1.48. The summed E-state index contributed by atoms with van der Waals surface area (Å²) in [5, 5.41) is 0. The van der Waals surface area contributed by atoms with Gasteiger partial charge < -0.3 is 4.42 Å². The third-order valence-corrected chi connectivity index (χ3v) is 2.01. The number of oxazole rings is 1. The summed E-state index contributed by atoms with van der Waals surface area (Å²) < 4.78 is 5.37. The van der Waals surface area contributed by atoms with E-state index >= 15 is 0 Å². The van der Waals surface area contributed by atoms with Crippen LogP contribution >= 0.6 is 0 Å². The van der Waals surface area contributed by atoms with Gasteiger partial charge in [-0.2, -0.15) is 0 Å². The van der Waals surface area contributed by atoms with E-state index in [-0.39, 0.29) is 5.78 Å². The minimum Gasteiger partial charge on any atom is -0.441 e. The molecule has 0 radical (unpaired) electrons. The zero-order valence-electron chi connectivity index (χ0n) is 8.20. The Morgan fingerprint density at radius 1 is 1.50 bits per heavy atom. The van der Waals surface area contributed by atoms with Crippen molar-refractivity contribution in [1.29, 1.82) is 0 Å². The van der Waals surface area contributed by atoms with E-state index in [9.17, 15) is 4.79 Å². The summed E-state index contributed by atoms with van der Waals surface area (Å²) >= 11 is 0. The van der Waals surface area contributed by atoms with Gasteiger partial charge in [-0.05, 0) is 24.6 Å². The molecule has 1 aromatic carbocycles. The zero-order chi connectivity index (χ0) is 10.1. The van der Waals surface area contributed by atoms with Crippen molar-refractivity contribution in [3.63, 3.8) is 0 Å². The van der Waals surface area contributed by atoms with E-state index in [2.05, 4.69) is 4.98 Å². The molecule has 14 heavy (non-hydrogen) atoms. The molecule has 0 saturated carbocycles. The van der Waals surface area contributed by atoms with Crippen LogP contribution in [0.2, 0.25) is 0 Å². The van der Waals surface area contributed by atoms with E-state index in [0.29, 0.717) is 12.3 Å². The molecule has 0 aliphatic rings. The first-order valence-electron chi connectivity index (χ1n) is 4.50. The third-order valence-electron chi connectivity index (χ3n) is 2.01. The number of rotatable bonds is 2. The molecule has 3 heteroatoms. The largest absolute Gasteiger partial charge is 0.441 e. The molecule has 0 amide bonds. The van der Waals surface area contributed by atoms with E-state index in [1.165, 1.54) is 0 Å². The first kappa shape index (κ1) is 8.94. The molecule has 0 bridgehead atoms. The number of hydrogen-bond donors (Lipinski definition) is 0. The quantitative estimate of drug-likeness (QED) is 0.727. The second kappa shape index (κ2) is 3.25. The summed E-state index contributed by atoms with van der Waals surface area (Å²) in [6.07, 6.45) is 0.454. The summed E-state index contributed by atoms with van der Waals surface area (Å²) in [6.45, 7) is 3.39. The molecule has 1 aromatic heterocycles. The molecule has 0 saturated heterocycles. The van der Waals surface area contributed by atoms with Crippen LogP contribution in [0.25, 0.3) is 11.1 Å². The molecule has 0 aliphatic heterocycles. The van der Waals surface area contributed by atoms with E-state index in [1.54, 1.807) is 6.92 Å². The lowest BCUT2D eigenvalue weighted by molar-refractivity contribution is -0.116. The second-order valence-electron chi connectivity index (χ2n) is 3.41. The van der Waals surface area contributed by atoms with E-state index in [0.717, 1.165) is 16.7 Å². The number of benzene rings is 1. The summed E-state index contributed by atoms with van der Waals surface area (Å²) in [7, 11) is 0. The minimum atomic E-state index is 0.153. The molecular weight excluding hydrogens is 178 g/mol. The Kier molecular flexibility index (Phi) is 2.08. The van der Waals surface area contributed by atoms with Gasteiger partial charge in [-0.3, -0.25) is 4.79 Å². The highest BCUT2D eigenvalue weighted by molar-refractivity contribution is 5.80. The number of ketones is 1. The van der Waals surface area contributed by atoms with Crippen LogP contribution in [-0.2, 0) is 11.2 Å². The Morgan fingerprint density at radius 3 is 3.00 bits per heavy atom. The second-order valence-corrected chi connectivity index (χ2v) is 3.41. The van der Waals surface area contributed by atoms with Crippen molar-refractivity contribution in [2.75, 3.05) is 0 Å². The molecule has 0 aliphatic carbocycles.